The van der Waals surface area contributed by atoms with Crippen molar-refractivity contribution in [3.8, 4) is 0 Å². The van der Waals surface area contributed by atoms with Crippen LogP contribution in [0.2, 0.25) is 0 Å². The topological polar surface area (TPSA) is 111 Å². The van der Waals surface area contributed by atoms with Crippen molar-refractivity contribution < 1.29 is 42.1 Å². The SMILES string of the molecule is CC/C=C\C/C=C\C/C=C\C/C=C\C/C=C\C/C=C\C/C=C\CCCCCCCCCCCC(=O)OC(COC(=O)CCCCCCCCCCCCCC/C=C\C/C=C\C/C=C\C/C=C\CC)COP(=O)([O-])OCC[N+](C)(C)C. The van der Waals surface area contributed by atoms with Gasteiger partial charge in [-0.1, -0.05) is 257 Å². The lowest BCUT2D eigenvalue weighted by atomic mass is 10.0. The number of hydrogen-bond acceptors (Lipinski definition) is 8. The molecule has 0 aromatic carbocycles. The van der Waals surface area contributed by atoms with Crippen LogP contribution in [-0.2, 0) is 32.7 Å². The van der Waals surface area contributed by atoms with Crippen LogP contribution in [0, 0.1) is 0 Å². The largest absolute Gasteiger partial charge is 0.756 e. The maximum absolute atomic E-state index is 12.8. The lowest BCUT2D eigenvalue weighted by Gasteiger charge is -2.28. The lowest BCUT2D eigenvalue weighted by molar-refractivity contribution is -0.870. The van der Waals surface area contributed by atoms with Crippen LogP contribution in [0.1, 0.15) is 245 Å². The highest BCUT2D eigenvalue weighted by molar-refractivity contribution is 7.45. The van der Waals surface area contributed by atoms with Crippen molar-refractivity contribution in [2.45, 2.75) is 251 Å². The van der Waals surface area contributed by atoms with Gasteiger partial charge in [-0.25, -0.2) is 0 Å². The monoisotopic (exact) mass is 1130 g/mol. The van der Waals surface area contributed by atoms with Gasteiger partial charge in [-0.3, -0.25) is 14.2 Å². The van der Waals surface area contributed by atoms with E-state index in [-0.39, 0.29) is 26.1 Å². The van der Waals surface area contributed by atoms with Crippen molar-refractivity contribution in [3.63, 3.8) is 0 Å². The van der Waals surface area contributed by atoms with E-state index in [1.165, 1.54) is 89.9 Å². The molecule has 0 radical (unpaired) electrons. The second-order valence-corrected chi connectivity index (χ2v) is 23.4. The van der Waals surface area contributed by atoms with Crippen LogP contribution in [0.4, 0.5) is 0 Å². The van der Waals surface area contributed by atoms with Gasteiger partial charge in [0.1, 0.15) is 19.8 Å². The van der Waals surface area contributed by atoms with E-state index in [4.69, 9.17) is 18.5 Å². The predicted octanol–water partition coefficient (Wildman–Crippen LogP) is 19.9. The number of esters is 2. The Kier molecular flexibility index (Phi) is 56.9. The normalized spacial score (nSPS) is 14.1. The van der Waals surface area contributed by atoms with E-state index in [0.717, 1.165) is 122 Å². The first-order valence-corrected chi connectivity index (χ1v) is 33.4. The average Bonchev–Trinajstić information content (AvgIpc) is 3.42. The van der Waals surface area contributed by atoms with Gasteiger partial charge in [-0.2, -0.15) is 0 Å². The van der Waals surface area contributed by atoms with Crippen molar-refractivity contribution in [2.75, 3.05) is 47.5 Å². The standard InChI is InChI=1S/C70H118NO8P/c1-6-8-10-12-14-16-18-20-22-24-26-28-30-32-33-34-35-36-37-39-41-43-45-47-49-51-53-55-57-59-61-63-70(73)79-68(67-78-80(74,75)77-65-64-71(3,4)5)66-76-69(72)62-60-58-56-54-52-50-48-46-44-42-40-38-31-29-27-25-23-21-19-17-15-13-11-9-7-2/h8-11,14-17,20-23,26-29,32-33,35-36,39,41,68H,6-7,12-13,18-19,24-25,30-31,34,37-38,40,42-67H2,1-5H3/b10-8-,11-9-,16-14-,17-15-,22-20-,23-21-,28-26-,29-27-,33-32-,36-35-,41-39-. The third kappa shape index (κ3) is 63.3. The summed E-state index contributed by atoms with van der Waals surface area (Å²) in [4.78, 5) is 38.0. The van der Waals surface area contributed by atoms with Crippen LogP contribution in [-0.4, -0.2) is 70.0 Å². The summed E-state index contributed by atoms with van der Waals surface area (Å²) in [6.45, 7) is 4.00. The molecule has 0 rings (SSSR count). The molecule has 0 saturated heterocycles. The van der Waals surface area contributed by atoms with E-state index in [1.54, 1.807) is 0 Å². The molecule has 10 heteroatoms. The van der Waals surface area contributed by atoms with Gasteiger partial charge in [0.05, 0.1) is 27.7 Å². The highest BCUT2D eigenvalue weighted by Gasteiger charge is 2.22. The van der Waals surface area contributed by atoms with E-state index in [9.17, 15) is 19.0 Å². The summed E-state index contributed by atoms with van der Waals surface area (Å²) in [5.41, 5.74) is 0. The zero-order valence-electron chi connectivity index (χ0n) is 51.7. The Morgan fingerprint density at radius 1 is 0.388 bits per heavy atom. The highest BCUT2D eigenvalue weighted by Crippen LogP contribution is 2.38. The van der Waals surface area contributed by atoms with Crippen LogP contribution in [0.3, 0.4) is 0 Å². The van der Waals surface area contributed by atoms with E-state index >= 15 is 0 Å². The van der Waals surface area contributed by atoms with Crippen molar-refractivity contribution >= 4 is 19.8 Å². The summed E-state index contributed by atoms with van der Waals surface area (Å²) in [6, 6.07) is 0. The number of phosphoric ester groups is 1. The Bertz CT molecular complexity index is 1810. The van der Waals surface area contributed by atoms with Gasteiger partial charge in [0.15, 0.2) is 6.10 Å². The van der Waals surface area contributed by atoms with E-state index in [1.807, 2.05) is 21.1 Å². The number of rotatable bonds is 57. The third-order valence-corrected chi connectivity index (χ3v) is 14.1. The maximum Gasteiger partial charge on any atom is 0.306 e. The molecule has 2 unspecified atom stereocenters. The quantitative estimate of drug-likeness (QED) is 0.0195. The molecule has 0 aliphatic heterocycles. The van der Waals surface area contributed by atoms with Gasteiger partial charge < -0.3 is 27.9 Å². The van der Waals surface area contributed by atoms with Crippen molar-refractivity contribution in [3.05, 3.63) is 134 Å². The zero-order chi connectivity index (χ0) is 58.4. The summed E-state index contributed by atoms with van der Waals surface area (Å²) >= 11 is 0. The minimum atomic E-state index is -4.65. The smallest absolute Gasteiger partial charge is 0.306 e. The fourth-order valence-corrected chi connectivity index (χ4v) is 9.06. The Labute approximate surface area is 491 Å². The van der Waals surface area contributed by atoms with Gasteiger partial charge in [0, 0.05) is 12.8 Å². The van der Waals surface area contributed by atoms with Crippen molar-refractivity contribution in [1.82, 2.24) is 0 Å². The summed E-state index contributed by atoms with van der Waals surface area (Å²) in [5, 5.41) is 0. The molecule has 80 heavy (non-hydrogen) atoms. The van der Waals surface area contributed by atoms with Gasteiger partial charge in [-0.15, -0.1) is 0 Å². The fourth-order valence-electron chi connectivity index (χ4n) is 8.33. The van der Waals surface area contributed by atoms with Gasteiger partial charge in [-0.05, 0) is 109 Å². The fraction of sp³-hybridized carbons (Fsp3) is 0.657. The van der Waals surface area contributed by atoms with E-state index in [2.05, 4.69) is 148 Å². The van der Waals surface area contributed by atoms with Gasteiger partial charge in [0.2, 0.25) is 0 Å². The number of unbranched alkanes of at least 4 members (excludes halogenated alkanes) is 21. The summed E-state index contributed by atoms with van der Waals surface area (Å²) in [5.74, 6) is -0.847. The number of ether oxygens (including phenoxy) is 2. The molecule has 0 aliphatic carbocycles. The number of allylic oxidation sites excluding steroid dienone is 22. The molecule has 0 N–H and O–H groups in total. The van der Waals surface area contributed by atoms with Crippen molar-refractivity contribution in [2.24, 2.45) is 0 Å². The average molecular weight is 1130 g/mol. The van der Waals surface area contributed by atoms with Crippen LogP contribution in [0.15, 0.2) is 134 Å². The zero-order valence-corrected chi connectivity index (χ0v) is 52.6. The number of carbonyl (C=O) groups excluding carboxylic acids is 2. The minimum Gasteiger partial charge on any atom is -0.756 e. The molecule has 0 spiro atoms. The van der Waals surface area contributed by atoms with Crippen LogP contribution in [0.25, 0.3) is 0 Å². The number of carbonyl (C=O) groups is 2. The van der Waals surface area contributed by atoms with Crippen molar-refractivity contribution in [1.29, 1.82) is 0 Å². The third-order valence-electron chi connectivity index (χ3n) is 13.2. The van der Waals surface area contributed by atoms with Crippen LogP contribution in [0.5, 0.6) is 0 Å². The molecule has 0 bridgehead atoms. The molecule has 9 nitrogen and oxygen atoms in total. The molecule has 0 aliphatic rings. The molecular formula is C70H118NO8P. The number of quaternary nitrogens is 1. The highest BCUT2D eigenvalue weighted by atomic mass is 31.2. The van der Waals surface area contributed by atoms with Gasteiger partial charge >= 0.3 is 11.9 Å². The molecule has 0 fully saturated rings. The first kappa shape index (κ1) is 76.1. The Morgan fingerprint density at radius 2 is 0.675 bits per heavy atom. The first-order valence-electron chi connectivity index (χ1n) is 31.9. The van der Waals surface area contributed by atoms with Gasteiger partial charge in [0.25, 0.3) is 7.82 Å². The molecule has 0 saturated carbocycles. The second kappa shape index (κ2) is 59.8. The predicted molar refractivity (Wildman–Crippen MR) is 341 cm³/mol. The maximum atomic E-state index is 12.8. The summed E-state index contributed by atoms with van der Waals surface area (Å²) in [7, 11) is 1.15. The Balaban J connectivity index is 4.16. The number of likely N-dealkylation sites (N-methyl/N-ethyl adjacent to an activating group) is 1. The molecule has 0 heterocycles. The molecule has 2 atom stereocenters. The molecule has 0 aromatic rings. The first-order chi connectivity index (χ1) is 39.0. The molecular weight excluding hydrogens is 1010 g/mol. The lowest BCUT2D eigenvalue weighted by Crippen LogP contribution is -2.37. The number of phosphoric acid groups is 1. The van der Waals surface area contributed by atoms with Crippen LogP contribution >= 0.6 is 7.82 Å². The second-order valence-electron chi connectivity index (χ2n) is 22.0. The summed E-state index contributed by atoms with van der Waals surface area (Å²) in [6.07, 6.45) is 86.4. The Morgan fingerprint density at radius 3 is 1.00 bits per heavy atom. The van der Waals surface area contributed by atoms with Crippen LogP contribution < -0.4 is 4.89 Å². The van der Waals surface area contributed by atoms with E-state index < -0.39 is 32.5 Å². The molecule has 0 aromatic heterocycles. The number of hydrogen-bond donors (Lipinski definition) is 0. The minimum absolute atomic E-state index is 0.0389. The molecule has 456 valence electrons. The number of nitrogens with zero attached hydrogens (tertiary/aromatic N) is 1. The van der Waals surface area contributed by atoms with E-state index in [0.29, 0.717) is 17.4 Å². The molecule has 0 amide bonds. The Hall–Kier alpha value is -3.85. The summed E-state index contributed by atoms with van der Waals surface area (Å²) < 4.78 is 34.2.